The van der Waals surface area contributed by atoms with E-state index < -0.39 is 0 Å². The number of nitrogens with one attached hydrogen (secondary N) is 1. The zero-order valence-corrected chi connectivity index (χ0v) is 19.1. The smallest absolute Gasteiger partial charge is 0.265 e. The summed E-state index contributed by atoms with van der Waals surface area (Å²) in [6, 6.07) is 10.5. The molecule has 2 atom stereocenters. The highest BCUT2D eigenvalue weighted by Gasteiger charge is 2.38. The van der Waals surface area contributed by atoms with Crippen molar-refractivity contribution < 1.29 is 4.79 Å². The predicted molar refractivity (Wildman–Crippen MR) is 129 cm³/mol. The Morgan fingerprint density at radius 2 is 2.03 bits per heavy atom. The van der Waals surface area contributed by atoms with Crippen LogP contribution in [0.1, 0.15) is 28.2 Å². The zero-order valence-electron chi connectivity index (χ0n) is 18.3. The molecule has 4 aromatic heterocycles. The van der Waals surface area contributed by atoms with Crippen LogP contribution in [-0.2, 0) is 0 Å². The Bertz CT molecular complexity index is 1330. The first-order valence-electron chi connectivity index (χ1n) is 11.2. The van der Waals surface area contributed by atoms with Gasteiger partial charge in [-0.15, -0.1) is 11.3 Å². The van der Waals surface area contributed by atoms with E-state index in [0.29, 0.717) is 10.9 Å². The maximum atomic E-state index is 12.9. The number of carbonyl (C=O) groups excluding carboxylic acids is 1. The molecule has 2 fully saturated rings. The van der Waals surface area contributed by atoms with Crippen LogP contribution in [0.5, 0.6) is 0 Å². The van der Waals surface area contributed by atoms with Gasteiger partial charge in [0.15, 0.2) is 0 Å². The summed E-state index contributed by atoms with van der Waals surface area (Å²) in [5.74, 6) is 1.67. The molecule has 0 spiro atoms. The van der Waals surface area contributed by atoms with Gasteiger partial charge in [0.05, 0.1) is 16.3 Å². The van der Waals surface area contributed by atoms with Crippen LogP contribution in [0.2, 0.25) is 0 Å². The Labute approximate surface area is 190 Å². The standard InChI is InChI=1S/C24H26N6OS/c1-15-12-29-14-18(4-6-21(29)25-15)26-23(31)20-11-16-3-5-22(27-24(16)32-20)30-10-7-17-13-28(2)9-8-19(17)30/h3-6,11-12,14,17,19H,7-10,13H2,1-2H3,(H,26,31)/t17-,19?/m1/s1. The number of fused-ring (bicyclic) bond motifs is 3. The first kappa shape index (κ1) is 19.7. The molecular formula is C24H26N6OS. The van der Waals surface area contributed by atoms with Gasteiger partial charge in [0, 0.05) is 36.9 Å². The molecule has 7 nitrogen and oxygen atoms in total. The number of rotatable bonds is 3. The average Bonchev–Trinajstić information content (AvgIpc) is 3.47. The Balaban J connectivity index is 1.23. The summed E-state index contributed by atoms with van der Waals surface area (Å²) in [5, 5.41) is 4.03. The normalized spacial score (nSPS) is 21.4. The van der Waals surface area contributed by atoms with Crippen molar-refractivity contribution in [2.24, 2.45) is 5.92 Å². The zero-order chi connectivity index (χ0) is 21.8. The highest BCUT2D eigenvalue weighted by molar-refractivity contribution is 7.20. The first-order chi connectivity index (χ1) is 15.5. The number of thiophene rings is 1. The summed E-state index contributed by atoms with van der Waals surface area (Å²) in [6.07, 6.45) is 6.26. The van der Waals surface area contributed by atoms with Gasteiger partial charge < -0.3 is 19.5 Å². The van der Waals surface area contributed by atoms with Crippen LogP contribution in [0.4, 0.5) is 11.5 Å². The summed E-state index contributed by atoms with van der Waals surface area (Å²) in [5.41, 5.74) is 2.56. The number of carbonyl (C=O) groups is 1. The molecule has 2 aliphatic heterocycles. The summed E-state index contributed by atoms with van der Waals surface area (Å²) >= 11 is 1.46. The molecule has 164 valence electrons. The fourth-order valence-corrected chi connectivity index (χ4v) is 6.14. The fraction of sp³-hybridized carbons (Fsp3) is 0.375. The SMILES string of the molecule is Cc1cn2cc(NC(=O)c3cc4ccc(N5CC[C@@H]6CN(C)CCC65)nc4s3)ccc2n1. The number of imidazole rings is 1. The lowest BCUT2D eigenvalue weighted by Gasteiger charge is -2.36. The molecule has 1 unspecified atom stereocenters. The Morgan fingerprint density at radius 1 is 1.12 bits per heavy atom. The second-order valence-electron chi connectivity index (χ2n) is 9.05. The second-order valence-corrected chi connectivity index (χ2v) is 10.1. The number of anilines is 2. The van der Waals surface area contributed by atoms with E-state index in [1.54, 1.807) is 0 Å². The number of likely N-dealkylation sites (tertiary alicyclic amines) is 1. The summed E-state index contributed by atoms with van der Waals surface area (Å²) in [6.45, 7) is 5.35. The third-order valence-corrected chi connectivity index (χ3v) is 7.80. The number of aryl methyl sites for hydroxylation is 1. The van der Waals surface area contributed by atoms with Gasteiger partial charge in [0.25, 0.3) is 5.91 Å². The van der Waals surface area contributed by atoms with Crippen molar-refractivity contribution >= 4 is 44.6 Å². The first-order valence-corrected chi connectivity index (χ1v) is 12.0. The van der Waals surface area contributed by atoms with E-state index in [0.717, 1.165) is 52.1 Å². The van der Waals surface area contributed by atoms with E-state index in [9.17, 15) is 4.79 Å². The molecule has 2 saturated heterocycles. The molecule has 0 aromatic carbocycles. The topological polar surface area (TPSA) is 65.8 Å². The maximum Gasteiger partial charge on any atom is 0.265 e. The monoisotopic (exact) mass is 446 g/mol. The number of aromatic nitrogens is 3. The van der Waals surface area contributed by atoms with Crippen molar-refractivity contribution in [3.63, 3.8) is 0 Å². The lowest BCUT2D eigenvalue weighted by Crippen LogP contribution is -2.44. The van der Waals surface area contributed by atoms with Crippen LogP contribution in [-0.4, -0.2) is 57.9 Å². The summed E-state index contributed by atoms with van der Waals surface area (Å²) < 4.78 is 1.93. The van der Waals surface area contributed by atoms with Gasteiger partial charge in [-0.2, -0.15) is 0 Å². The van der Waals surface area contributed by atoms with Gasteiger partial charge in [-0.1, -0.05) is 0 Å². The number of piperidine rings is 1. The van der Waals surface area contributed by atoms with Crippen LogP contribution < -0.4 is 10.2 Å². The van der Waals surface area contributed by atoms with Crippen LogP contribution in [0.25, 0.3) is 15.9 Å². The van der Waals surface area contributed by atoms with E-state index in [1.807, 2.05) is 41.9 Å². The van der Waals surface area contributed by atoms with E-state index in [-0.39, 0.29) is 5.91 Å². The van der Waals surface area contributed by atoms with Gasteiger partial charge in [-0.25, -0.2) is 9.97 Å². The van der Waals surface area contributed by atoms with Gasteiger partial charge in [-0.05, 0) is 69.6 Å². The van der Waals surface area contributed by atoms with Gasteiger partial charge in [0.2, 0.25) is 0 Å². The average molecular weight is 447 g/mol. The molecule has 0 radical (unpaired) electrons. The van der Waals surface area contributed by atoms with Crippen molar-refractivity contribution in [3.8, 4) is 0 Å². The minimum absolute atomic E-state index is 0.109. The minimum atomic E-state index is -0.109. The van der Waals surface area contributed by atoms with Crippen molar-refractivity contribution in [3.05, 3.63) is 53.3 Å². The van der Waals surface area contributed by atoms with Crippen LogP contribution in [0.15, 0.2) is 42.7 Å². The highest BCUT2D eigenvalue weighted by Crippen LogP contribution is 2.35. The Kier molecular flexibility index (Phi) is 4.66. The maximum absolute atomic E-state index is 12.9. The summed E-state index contributed by atoms with van der Waals surface area (Å²) in [7, 11) is 2.22. The number of pyridine rings is 2. The second kappa shape index (κ2) is 7.56. The highest BCUT2D eigenvalue weighted by atomic mass is 32.1. The fourth-order valence-electron chi connectivity index (χ4n) is 5.22. The molecular weight excluding hydrogens is 420 g/mol. The molecule has 8 heteroatoms. The van der Waals surface area contributed by atoms with Crippen LogP contribution in [0.3, 0.4) is 0 Å². The van der Waals surface area contributed by atoms with Crippen molar-refractivity contribution in [2.45, 2.75) is 25.8 Å². The molecule has 2 aliphatic rings. The third kappa shape index (κ3) is 3.43. The Hall–Kier alpha value is -2.97. The number of amides is 1. The van der Waals surface area contributed by atoms with Crippen molar-refractivity contribution in [1.29, 1.82) is 0 Å². The van der Waals surface area contributed by atoms with Gasteiger partial charge in [0.1, 0.15) is 16.3 Å². The van der Waals surface area contributed by atoms with Crippen LogP contribution >= 0.6 is 11.3 Å². The van der Waals surface area contributed by atoms with Gasteiger partial charge in [-0.3, -0.25) is 4.79 Å². The Morgan fingerprint density at radius 3 is 2.94 bits per heavy atom. The lowest BCUT2D eigenvalue weighted by molar-refractivity contribution is 0.103. The van der Waals surface area contributed by atoms with E-state index in [1.165, 1.54) is 30.7 Å². The number of hydrogen-bond donors (Lipinski definition) is 1. The molecule has 32 heavy (non-hydrogen) atoms. The van der Waals surface area contributed by atoms with E-state index >= 15 is 0 Å². The van der Waals surface area contributed by atoms with E-state index in [2.05, 4.69) is 39.3 Å². The largest absolute Gasteiger partial charge is 0.353 e. The minimum Gasteiger partial charge on any atom is -0.353 e. The van der Waals surface area contributed by atoms with Gasteiger partial charge >= 0.3 is 0 Å². The third-order valence-electron chi connectivity index (χ3n) is 6.75. The summed E-state index contributed by atoms with van der Waals surface area (Å²) in [4.78, 5) is 28.8. The lowest BCUT2D eigenvalue weighted by atomic mass is 9.93. The van der Waals surface area contributed by atoms with E-state index in [4.69, 9.17) is 4.98 Å². The molecule has 6 rings (SSSR count). The molecule has 6 heterocycles. The molecule has 0 bridgehead atoms. The quantitative estimate of drug-likeness (QED) is 0.515. The van der Waals surface area contributed by atoms with Crippen LogP contribution in [0, 0.1) is 12.8 Å². The predicted octanol–water partition coefficient (Wildman–Crippen LogP) is 4.04. The molecule has 1 amide bonds. The molecule has 1 N–H and O–H groups in total. The van der Waals surface area contributed by atoms with Crippen molar-refractivity contribution in [2.75, 3.05) is 36.9 Å². The van der Waals surface area contributed by atoms with Crippen molar-refractivity contribution in [1.82, 2.24) is 19.3 Å². The number of nitrogens with zero attached hydrogens (tertiary/aromatic N) is 5. The molecule has 4 aromatic rings. The molecule has 0 saturated carbocycles. The molecule has 0 aliphatic carbocycles. The number of hydrogen-bond acceptors (Lipinski definition) is 6.